The smallest absolute Gasteiger partial charge is 0.265 e. The van der Waals surface area contributed by atoms with Gasteiger partial charge < -0.3 is 10.2 Å². The molecule has 0 aromatic carbocycles. The van der Waals surface area contributed by atoms with Crippen LogP contribution in [0.5, 0.6) is 0 Å². The Balaban J connectivity index is 2.02. The first-order valence-electron chi connectivity index (χ1n) is 6.72. The van der Waals surface area contributed by atoms with E-state index in [0.717, 1.165) is 31.2 Å². The minimum Gasteiger partial charge on any atom is -0.338 e. The molecule has 0 spiro atoms. The third kappa shape index (κ3) is 3.12. The van der Waals surface area contributed by atoms with Crippen LogP contribution in [0, 0.1) is 6.92 Å². The van der Waals surface area contributed by atoms with E-state index in [1.54, 1.807) is 0 Å². The monoisotopic (exact) mass is 300 g/mol. The first kappa shape index (κ1) is 14.8. The minimum atomic E-state index is 0.0657. The highest BCUT2D eigenvalue weighted by atomic mass is 35.5. The van der Waals surface area contributed by atoms with Crippen molar-refractivity contribution in [3.63, 3.8) is 0 Å². The Kier molecular flexibility index (Phi) is 4.87. The van der Waals surface area contributed by atoms with Crippen molar-refractivity contribution >= 4 is 28.8 Å². The van der Waals surface area contributed by atoms with Crippen LogP contribution in [0.15, 0.2) is 5.38 Å². The molecule has 0 bridgehead atoms. The van der Waals surface area contributed by atoms with Crippen LogP contribution in [0.2, 0.25) is 5.02 Å². The number of halogens is 1. The molecule has 1 aromatic rings. The quantitative estimate of drug-likeness (QED) is 0.929. The van der Waals surface area contributed by atoms with Gasteiger partial charge in [0.2, 0.25) is 0 Å². The second-order valence-electron chi connectivity index (χ2n) is 5.27. The fraction of sp³-hybridized carbons (Fsp3) is 0.643. The number of nitrogens with zero attached hydrogens (tertiary/aromatic N) is 1. The van der Waals surface area contributed by atoms with Gasteiger partial charge in [-0.1, -0.05) is 11.6 Å². The largest absolute Gasteiger partial charge is 0.338 e. The van der Waals surface area contributed by atoms with E-state index in [-0.39, 0.29) is 5.91 Å². The Bertz CT molecular complexity index is 452. The Labute approximate surface area is 123 Å². The molecule has 1 saturated carbocycles. The molecule has 1 N–H and O–H groups in total. The van der Waals surface area contributed by atoms with Crippen molar-refractivity contribution in [3.8, 4) is 0 Å². The van der Waals surface area contributed by atoms with E-state index in [1.165, 1.54) is 11.3 Å². The summed E-state index contributed by atoms with van der Waals surface area (Å²) in [5.41, 5.74) is 0.988. The Morgan fingerprint density at radius 3 is 2.53 bits per heavy atom. The van der Waals surface area contributed by atoms with Gasteiger partial charge in [-0.3, -0.25) is 4.79 Å². The average Bonchev–Trinajstić information content (AvgIpc) is 2.77. The average molecular weight is 301 g/mol. The summed E-state index contributed by atoms with van der Waals surface area (Å²) in [6, 6.07) is 0.947. The van der Waals surface area contributed by atoms with Crippen molar-refractivity contribution in [2.75, 3.05) is 14.1 Å². The zero-order chi connectivity index (χ0) is 14.0. The lowest BCUT2D eigenvalue weighted by molar-refractivity contribution is 0.0691. The van der Waals surface area contributed by atoms with Crippen LogP contribution in [0.4, 0.5) is 0 Å². The van der Waals surface area contributed by atoms with Crippen LogP contribution in [0.3, 0.4) is 0 Å². The maximum atomic E-state index is 12.5. The summed E-state index contributed by atoms with van der Waals surface area (Å²) in [6.07, 6.45) is 4.40. The van der Waals surface area contributed by atoms with Gasteiger partial charge in [-0.15, -0.1) is 11.3 Å². The number of nitrogens with one attached hydrogen (secondary N) is 1. The topological polar surface area (TPSA) is 32.3 Å². The highest BCUT2D eigenvalue weighted by Gasteiger charge is 2.28. The molecule has 0 radical (unpaired) electrons. The molecule has 0 saturated heterocycles. The number of carbonyl (C=O) groups is 1. The van der Waals surface area contributed by atoms with E-state index in [0.29, 0.717) is 22.0 Å². The van der Waals surface area contributed by atoms with E-state index < -0.39 is 0 Å². The van der Waals surface area contributed by atoms with Crippen molar-refractivity contribution in [2.24, 2.45) is 0 Å². The second-order valence-corrected chi connectivity index (χ2v) is 6.53. The summed E-state index contributed by atoms with van der Waals surface area (Å²) in [5.74, 6) is 0.0657. The molecule has 1 fully saturated rings. The predicted octanol–water partition coefficient (Wildman–Crippen LogP) is 3.31. The summed E-state index contributed by atoms with van der Waals surface area (Å²) in [7, 11) is 3.91. The number of hydrogen-bond acceptors (Lipinski definition) is 3. The molecule has 3 nitrogen and oxygen atoms in total. The first-order chi connectivity index (χ1) is 9.04. The molecular weight excluding hydrogens is 280 g/mol. The molecule has 1 amide bonds. The molecule has 1 heterocycles. The number of aryl methyl sites for hydroxylation is 1. The summed E-state index contributed by atoms with van der Waals surface area (Å²) >= 11 is 7.63. The van der Waals surface area contributed by atoms with Gasteiger partial charge in [-0.25, -0.2) is 0 Å². The van der Waals surface area contributed by atoms with Crippen LogP contribution in [-0.2, 0) is 0 Å². The first-order valence-corrected chi connectivity index (χ1v) is 7.98. The van der Waals surface area contributed by atoms with Crippen LogP contribution in [-0.4, -0.2) is 37.0 Å². The number of amides is 1. The van der Waals surface area contributed by atoms with E-state index in [2.05, 4.69) is 5.32 Å². The molecule has 2 rings (SSSR count). The summed E-state index contributed by atoms with van der Waals surface area (Å²) in [6.45, 7) is 1.94. The van der Waals surface area contributed by atoms with Crippen LogP contribution < -0.4 is 5.32 Å². The van der Waals surface area contributed by atoms with Gasteiger partial charge in [0.15, 0.2) is 0 Å². The Hall–Kier alpha value is -0.580. The van der Waals surface area contributed by atoms with E-state index in [1.807, 2.05) is 31.3 Å². The third-order valence-corrected chi connectivity index (χ3v) is 5.75. The SMILES string of the molecule is CNC1CCC(N(C)C(=O)c2scc(C)c2Cl)CC1. The zero-order valence-corrected chi connectivity index (χ0v) is 13.3. The highest BCUT2D eigenvalue weighted by molar-refractivity contribution is 7.13. The molecule has 0 atom stereocenters. The van der Waals surface area contributed by atoms with Gasteiger partial charge >= 0.3 is 0 Å². The number of rotatable bonds is 3. The standard InChI is InChI=1S/C14H21ClN2OS/c1-9-8-19-13(12(9)15)14(18)17(3)11-6-4-10(16-2)5-7-11/h8,10-11,16H,4-7H2,1-3H3. The van der Waals surface area contributed by atoms with Gasteiger partial charge in [-0.05, 0) is 50.6 Å². The predicted molar refractivity (Wildman–Crippen MR) is 81.3 cm³/mol. The van der Waals surface area contributed by atoms with E-state index in [9.17, 15) is 4.79 Å². The van der Waals surface area contributed by atoms with Gasteiger partial charge in [0.1, 0.15) is 4.88 Å². The van der Waals surface area contributed by atoms with Gasteiger partial charge in [0.05, 0.1) is 5.02 Å². The van der Waals surface area contributed by atoms with Crippen LogP contribution in [0.1, 0.15) is 40.9 Å². The van der Waals surface area contributed by atoms with Crippen molar-refractivity contribution in [1.29, 1.82) is 0 Å². The molecule has 106 valence electrons. The minimum absolute atomic E-state index is 0.0657. The maximum absolute atomic E-state index is 12.5. The summed E-state index contributed by atoms with van der Waals surface area (Å²) in [5, 5.41) is 5.88. The Morgan fingerprint density at radius 1 is 1.42 bits per heavy atom. The van der Waals surface area contributed by atoms with Crippen LogP contribution in [0.25, 0.3) is 0 Å². The normalized spacial score (nSPS) is 23.4. The molecule has 0 aliphatic heterocycles. The maximum Gasteiger partial charge on any atom is 0.265 e. The van der Waals surface area contributed by atoms with Crippen molar-refractivity contribution in [2.45, 2.75) is 44.7 Å². The van der Waals surface area contributed by atoms with Crippen molar-refractivity contribution in [1.82, 2.24) is 10.2 Å². The second kappa shape index (κ2) is 6.25. The van der Waals surface area contributed by atoms with Gasteiger partial charge in [-0.2, -0.15) is 0 Å². The van der Waals surface area contributed by atoms with Gasteiger partial charge in [0.25, 0.3) is 5.91 Å². The van der Waals surface area contributed by atoms with Crippen molar-refractivity contribution < 1.29 is 4.79 Å². The molecular formula is C14H21ClN2OS. The molecule has 1 aliphatic carbocycles. The number of thiophene rings is 1. The molecule has 1 aromatic heterocycles. The lowest BCUT2D eigenvalue weighted by atomic mass is 9.90. The van der Waals surface area contributed by atoms with Crippen molar-refractivity contribution in [3.05, 3.63) is 20.8 Å². The zero-order valence-electron chi connectivity index (χ0n) is 11.7. The molecule has 5 heteroatoms. The summed E-state index contributed by atoms with van der Waals surface area (Å²) < 4.78 is 0. The molecule has 1 aliphatic rings. The third-order valence-electron chi connectivity index (χ3n) is 4.07. The van der Waals surface area contributed by atoms with Crippen LogP contribution >= 0.6 is 22.9 Å². The highest BCUT2D eigenvalue weighted by Crippen LogP contribution is 2.30. The van der Waals surface area contributed by atoms with E-state index >= 15 is 0 Å². The van der Waals surface area contributed by atoms with E-state index in [4.69, 9.17) is 11.6 Å². The number of carbonyl (C=O) groups excluding carboxylic acids is 1. The fourth-order valence-electron chi connectivity index (χ4n) is 2.65. The lowest BCUT2D eigenvalue weighted by Gasteiger charge is -2.34. The summed E-state index contributed by atoms with van der Waals surface area (Å²) in [4.78, 5) is 15.0. The number of hydrogen-bond donors (Lipinski definition) is 1. The fourth-order valence-corrected chi connectivity index (χ4v) is 3.91. The molecule has 0 unspecified atom stereocenters. The molecule has 19 heavy (non-hydrogen) atoms. The lowest BCUT2D eigenvalue weighted by Crippen LogP contribution is -2.42. The Morgan fingerprint density at radius 2 is 2.05 bits per heavy atom. The van der Waals surface area contributed by atoms with Gasteiger partial charge in [0, 0.05) is 19.1 Å².